The largest absolute Gasteiger partial charge is 0.390 e. The SMILES string of the molecule is CC(c1cccnc1)N1CCN(CC(O)CN2CCCC2=O)CC1. The van der Waals surface area contributed by atoms with E-state index in [2.05, 4.69) is 27.8 Å². The van der Waals surface area contributed by atoms with Crippen LogP contribution in [0.5, 0.6) is 0 Å². The van der Waals surface area contributed by atoms with Crippen molar-refractivity contribution in [1.29, 1.82) is 0 Å². The van der Waals surface area contributed by atoms with Crippen molar-refractivity contribution in [3.63, 3.8) is 0 Å². The number of β-amino-alcohol motifs (C(OH)–C–C–N with tert-alkyl or cyclic N) is 1. The Kier molecular flexibility index (Phi) is 5.81. The number of hydrogen-bond donors (Lipinski definition) is 1. The van der Waals surface area contributed by atoms with Gasteiger partial charge in [0.05, 0.1) is 6.10 Å². The van der Waals surface area contributed by atoms with Crippen molar-refractivity contribution < 1.29 is 9.90 Å². The zero-order valence-corrected chi connectivity index (χ0v) is 14.5. The first kappa shape index (κ1) is 17.3. The number of aliphatic hydroxyl groups is 1. The Bertz CT molecular complexity index is 531. The second kappa shape index (κ2) is 8.05. The Balaban J connectivity index is 1.42. The number of rotatable bonds is 6. The van der Waals surface area contributed by atoms with E-state index in [1.807, 2.05) is 12.3 Å². The maximum absolute atomic E-state index is 11.6. The smallest absolute Gasteiger partial charge is 0.222 e. The average Bonchev–Trinajstić information content (AvgIpc) is 3.00. The second-order valence-electron chi connectivity index (χ2n) is 6.90. The lowest BCUT2D eigenvalue weighted by molar-refractivity contribution is -0.129. The van der Waals surface area contributed by atoms with E-state index in [-0.39, 0.29) is 5.91 Å². The van der Waals surface area contributed by atoms with Crippen molar-refractivity contribution in [3.05, 3.63) is 30.1 Å². The van der Waals surface area contributed by atoms with E-state index in [1.165, 1.54) is 5.56 Å². The van der Waals surface area contributed by atoms with Crippen molar-refractivity contribution in [2.24, 2.45) is 0 Å². The van der Waals surface area contributed by atoms with E-state index in [0.29, 0.717) is 25.6 Å². The first-order valence-electron chi connectivity index (χ1n) is 8.95. The normalized spacial score (nSPS) is 22.8. The molecule has 0 spiro atoms. The number of piperazine rings is 1. The summed E-state index contributed by atoms with van der Waals surface area (Å²) in [6.45, 7) is 8.04. The van der Waals surface area contributed by atoms with Crippen molar-refractivity contribution in [1.82, 2.24) is 19.7 Å². The Morgan fingerprint density at radius 2 is 2.00 bits per heavy atom. The third kappa shape index (κ3) is 4.32. The van der Waals surface area contributed by atoms with Crippen LogP contribution in [0.4, 0.5) is 0 Å². The van der Waals surface area contributed by atoms with Gasteiger partial charge in [-0.05, 0) is 25.0 Å². The standard InChI is InChI=1S/C18H28N4O2/c1-15(16-4-2-6-19-12-16)21-10-8-20(9-11-21)13-17(23)14-22-7-3-5-18(22)24/h2,4,6,12,15,17,23H,3,5,7-11,13-14H2,1H3. The highest BCUT2D eigenvalue weighted by atomic mass is 16.3. The van der Waals surface area contributed by atoms with Crippen molar-refractivity contribution in [2.45, 2.75) is 31.9 Å². The van der Waals surface area contributed by atoms with Gasteiger partial charge in [-0.3, -0.25) is 19.6 Å². The summed E-state index contributed by atoms with van der Waals surface area (Å²) in [5, 5.41) is 10.3. The molecule has 1 aromatic rings. The molecule has 2 unspecified atom stereocenters. The highest BCUT2D eigenvalue weighted by Gasteiger charge is 2.26. The van der Waals surface area contributed by atoms with Crippen molar-refractivity contribution in [3.8, 4) is 0 Å². The monoisotopic (exact) mass is 332 g/mol. The maximum atomic E-state index is 11.6. The molecule has 1 aromatic heterocycles. The van der Waals surface area contributed by atoms with E-state index in [4.69, 9.17) is 0 Å². The topological polar surface area (TPSA) is 59.9 Å². The third-order valence-electron chi connectivity index (χ3n) is 5.19. The minimum Gasteiger partial charge on any atom is -0.390 e. The quantitative estimate of drug-likeness (QED) is 0.833. The zero-order valence-electron chi connectivity index (χ0n) is 14.5. The van der Waals surface area contributed by atoms with Crippen LogP contribution in [0.25, 0.3) is 0 Å². The van der Waals surface area contributed by atoms with E-state index >= 15 is 0 Å². The summed E-state index contributed by atoms with van der Waals surface area (Å²) in [5.74, 6) is 0.184. The average molecular weight is 332 g/mol. The summed E-state index contributed by atoms with van der Waals surface area (Å²) in [5.41, 5.74) is 1.25. The van der Waals surface area contributed by atoms with Gasteiger partial charge in [0.1, 0.15) is 0 Å². The summed E-state index contributed by atoms with van der Waals surface area (Å²) in [4.78, 5) is 22.4. The first-order valence-corrected chi connectivity index (χ1v) is 8.95. The van der Waals surface area contributed by atoms with Gasteiger partial charge in [-0.2, -0.15) is 0 Å². The molecule has 2 atom stereocenters. The molecule has 2 fully saturated rings. The summed E-state index contributed by atoms with van der Waals surface area (Å²) >= 11 is 0. The van der Waals surface area contributed by atoms with Crippen LogP contribution in [-0.2, 0) is 4.79 Å². The third-order valence-corrected chi connectivity index (χ3v) is 5.19. The van der Waals surface area contributed by atoms with Crippen LogP contribution >= 0.6 is 0 Å². The van der Waals surface area contributed by atoms with Crippen LogP contribution in [0, 0.1) is 0 Å². The molecule has 24 heavy (non-hydrogen) atoms. The number of amides is 1. The summed E-state index contributed by atoms with van der Waals surface area (Å²) in [7, 11) is 0. The fourth-order valence-electron chi connectivity index (χ4n) is 3.67. The van der Waals surface area contributed by atoms with Gasteiger partial charge in [0.2, 0.25) is 5.91 Å². The van der Waals surface area contributed by atoms with Crippen molar-refractivity contribution >= 4 is 5.91 Å². The molecule has 1 N–H and O–H groups in total. The summed E-state index contributed by atoms with van der Waals surface area (Å²) in [6.07, 6.45) is 4.86. The summed E-state index contributed by atoms with van der Waals surface area (Å²) in [6, 6.07) is 4.48. The molecule has 0 radical (unpaired) electrons. The molecule has 0 bridgehead atoms. The van der Waals surface area contributed by atoms with Crippen molar-refractivity contribution in [2.75, 3.05) is 45.8 Å². The number of aliphatic hydroxyl groups excluding tert-OH is 1. The lowest BCUT2D eigenvalue weighted by atomic mass is 10.1. The van der Waals surface area contributed by atoms with Crippen LogP contribution in [0.2, 0.25) is 0 Å². The molecule has 132 valence electrons. The predicted octanol–water partition coefficient (Wildman–Crippen LogP) is 0.744. The number of likely N-dealkylation sites (tertiary alicyclic amines) is 1. The van der Waals surface area contributed by atoms with Gasteiger partial charge in [-0.15, -0.1) is 0 Å². The van der Waals surface area contributed by atoms with E-state index < -0.39 is 6.10 Å². The Hall–Kier alpha value is -1.50. The van der Waals surface area contributed by atoms with Gasteiger partial charge >= 0.3 is 0 Å². The number of pyridine rings is 1. The van der Waals surface area contributed by atoms with Gasteiger partial charge in [0.25, 0.3) is 0 Å². The maximum Gasteiger partial charge on any atom is 0.222 e. The number of carbonyl (C=O) groups is 1. The van der Waals surface area contributed by atoms with Gasteiger partial charge in [0, 0.05) is 70.7 Å². The van der Waals surface area contributed by atoms with Crippen LogP contribution in [-0.4, -0.2) is 82.6 Å². The second-order valence-corrected chi connectivity index (χ2v) is 6.90. The van der Waals surface area contributed by atoms with Gasteiger partial charge in [0.15, 0.2) is 0 Å². The fourth-order valence-corrected chi connectivity index (χ4v) is 3.67. The molecule has 0 saturated carbocycles. The molecule has 3 heterocycles. The number of hydrogen-bond acceptors (Lipinski definition) is 5. The Morgan fingerprint density at radius 1 is 1.21 bits per heavy atom. The fraction of sp³-hybridized carbons (Fsp3) is 0.667. The van der Waals surface area contributed by atoms with Gasteiger partial charge in [-0.1, -0.05) is 6.07 Å². The van der Waals surface area contributed by atoms with Crippen LogP contribution in [0.15, 0.2) is 24.5 Å². The summed E-state index contributed by atoms with van der Waals surface area (Å²) < 4.78 is 0. The molecule has 2 aliphatic rings. The highest BCUT2D eigenvalue weighted by Crippen LogP contribution is 2.20. The zero-order chi connectivity index (χ0) is 16.9. The molecule has 6 heteroatoms. The molecule has 2 aliphatic heterocycles. The molecular formula is C18H28N4O2. The highest BCUT2D eigenvalue weighted by molar-refractivity contribution is 5.78. The Labute approximate surface area is 144 Å². The van der Waals surface area contributed by atoms with E-state index in [1.54, 1.807) is 11.1 Å². The lowest BCUT2D eigenvalue weighted by Crippen LogP contribution is -2.50. The number of carbonyl (C=O) groups excluding carboxylic acids is 1. The molecule has 2 saturated heterocycles. The van der Waals surface area contributed by atoms with Crippen LogP contribution in [0.3, 0.4) is 0 Å². The van der Waals surface area contributed by atoms with E-state index in [0.717, 1.165) is 39.1 Å². The van der Waals surface area contributed by atoms with Crippen LogP contribution < -0.4 is 0 Å². The first-order chi connectivity index (χ1) is 11.6. The minimum absolute atomic E-state index is 0.184. The molecule has 6 nitrogen and oxygen atoms in total. The molecule has 3 rings (SSSR count). The van der Waals surface area contributed by atoms with Crippen LogP contribution in [0.1, 0.15) is 31.4 Å². The van der Waals surface area contributed by atoms with Gasteiger partial charge in [-0.25, -0.2) is 0 Å². The minimum atomic E-state index is -0.450. The number of aromatic nitrogens is 1. The molecule has 0 aromatic carbocycles. The lowest BCUT2D eigenvalue weighted by Gasteiger charge is -2.39. The molecule has 1 amide bonds. The Morgan fingerprint density at radius 3 is 2.62 bits per heavy atom. The molecule has 0 aliphatic carbocycles. The van der Waals surface area contributed by atoms with E-state index in [9.17, 15) is 9.90 Å². The number of nitrogens with zero attached hydrogens (tertiary/aromatic N) is 4. The predicted molar refractivity (Wildman–Crippen MR) is 92.5 cm³/mol. The van der Waals surface area contributed by atoms with Gasteiger partial charge < -0.3 is 10.0 Å². The molecular weight excluding hydrogens is 304 g/mol.